The van der Waals surface area contributed by atoms with Crippen molar-refractivity contribution in [1.29, 1.82) is 0 Å². The normalized spacial score (nSPS) is 10.8. The standard InChI is InChI=1S/C11H10F3NO/c1-15(2)6-5-9(16)10-7(12)3-4-8(13)11(10)14/h3-6H,1-2H3/b6-5+. The zero-order chi connectivity index (χ0) is 12.3. The van der Waals surface area contributed by atoms with E-state index in [1.165, 1.54) is 11.1 Å². The van der Waals surface area contributed by atoms with Crippen LogP contribution in [0, 0.1) is 17.5 Å². The number of carbonyl (C=O) groups is 1. The minimum atomic E-state index is -1.46. The Morgan fingerprint density at radius 2 is 1.75 bits per heavy atom. The van der Waals surface area contributed by atoms with E-state index in [-0.39, 0.29) is 0 Å². The number of halogens is 3. The van der Waals surface area contributed by atoms with Crippen molar-refractivity contribution in [1.82, 2.24) is 4.90 Å². The van der Waals surface area contributed by atoms with Gasteiger partial charge in [-0.05, 0) is 12.1 Å². The van der Waals surface area contributed by atoms with Crippen molar-refractivity contribution < 1.29 is 18.0 Å². The van der Waals surface area contributed by atoms with E-state index in [4.69, 9.17) is 0 Å². The number of hydrogen-bond acceptors (Lipinski definition) is 2. The van der Waals surface area contributed by atoms with Crippen LogP contribution < -0.4 is 0 Å². The summed E-state index contributed by atoms with van der Waals surface area (Å²) in [6, 6.07) is 1.35. The van der Waals surface area contributed by atoms with Crippen molar-refractivity contribution >= 4 is 5.78 Å². The maximum Gasteiger partial charge on any atom is 0.193 e. The SMILES string of the molecule is CN(C)/C=C/C(=O)c1c(F)ccc(F)c1F. The first-order valence-corrected chi connectivity index (χ1v) is 4.46. The quantitative estimate of drug-likeness (QED) is 0.450. The minimum absolute atomic E-state index is 0.636. The molecule has 2 nitrogen and oxygen atoms in total. The van der Waals surface area contributed by atoms with Crippen molar-refractivity contribution in [2.45, 2.75) is 0 Å². The lowest BCUT2D eigenvalue weighted by Crippen LogP contribution is -2.07. The number of allylic oxidation sites excluding steroid dienone is 1. The number of hydrogen-bond donors (Lipinski definition) is 0. The highest BCUT2D eigenvalue weighted by Crippen LogP contribution is 2.16. The number of carbonyl (C=O) groups excluding carboxylic acids is 1. The molecule has 5 heteroatoms. The third kappa shape index (κ3) is 2.62. The highest BCUT2D eigenvalue weighted by molar-refractivity contribution is 6.04. The van der Waals surface area contributed by atoms with Gasteiger partial charge in [0.05, 0.1) is 5.56 Å². The van der Waals surface area contributed by atoms with Crippen molar-refractivity contribution in [2.24, 2.45) is 0 Å². The predicted octanol–water partition coefficient (Wildman–Crippen LogP) is 2.36. The van der Waals surface area contributed by atoms with Crippen LogP contribution >= 0.6 is 0 Å². The molecule has 0 radical (unpaired) electrons. The zero-order valence-corrected chi connectivity index (χ0v) is 8.80. The van der Waals surface area contributed by atoms with E-state index in [1.807, 2.05) is 0 Å². The molecule has 0 unspecified atom stereocenters. The molecule has 0 fully saturated rings. The molecule has 0 aromatic heterocycles. The van der Waals surface area contributed by atoms with Gasteiger partial charge in [-0.2, -0.15) is 0 Å². The number of benzene rings is 1. The van der Waals surface area contributed by atoms with Gasteiger partial charge in [-0.25, -0.2) is 13.2 Å². The predicted molar refractivity (Wildman–Crippen MR) is 53.5 cm³/mol. The third-order valence-corrected chi connectivity index (χ3v) is 1.81. The number of ketones is 1. The van der Waals surface area contributed by atoms with Gasteiger partial charge in [0, 0.05) is 26.4 Å². The largest absolute Gasteiger partial charge is 0.383 e. The first-order valence-electron chi connectivity index (χ1n) is 4.46. The molecule has 1 rings (SSSR count). The van der Waals surface area contributed by atoms with Gasteiger partial charge in [-0.15, -0.1) is 0 Å². The lowest BCUT2D eigenvalue weighted by Gasteiger charge is -2.04. The van der Waals surface area contributed by atoms with Crippen molar-refractivity contribution in [3.8, 4) is 0 Å². The minimum Gasteiger partial charge on any atom is -0.383 e. The molecular weight excluding hydrogens is 219 g/mol. The fraction of sp³-hybridized carbons (Fsp3) is 0.182. The van der Waals surface area contributed by atoms with Crippen molar-refractivity contribution in [3.63, 3.8) is 0 Å². The summed E-state index contributed by atoms with van der Waals surface area (Å²) in [6.45, 7) is 0. The molecular formula is C11H10F3NO. The molecule has 0 atom stereocenters. The highest BCUT2D eigenvalue weighted by Gasteiger charge is 2.18. The second-order valence-electron chi connectivity index (χ2n) is 3.36. The van der Waals surface area contributed by atoms with Crippen LogP contribution in [0.15, 0.2) is 24.4 Å². The molecule has 0 N–H and O–H groups in total. The Morgan fingerprint density at radius 1 is 1.19 bits per heavy atom. The third-order valence-electron chi connectivity index (χ3n) is 1.81. The summed E-state index contributed by atoms with van der Waals surface area (Å²) in [7, 11) is 3.28. The second kappa shape index (κ2) is 4.83. The van der Waals surface area contributed by atoms with Crippen molar-refractivity contribution in [3.05, 3.63) is 47.4 Å². The van der Waals surface area contributed by atoms with E-state index in [2.05, 4.69) is 0 Å². The Kier molecular flexibility index (Phi) is 3.71. The van der Waals surface area contributed by atoms with Crippen LogP contribution in [0.4, 0.5) is 13.2 Å². The first kappa shape index (κ1) is 12.3. The van der Waals surface area contributed by atoms with E-state index in [1.54, 1.807) is 14.1 Å². The van der Waals surface area contributed by atoms with E-state index in [0.29, 0.717) is 6.07 Å². The highest BCUT2D eigenvalue weighted by atomic mass is 19.2. The Labute approximate surface area is 91.0 Å². The topological polar surface area (TPSA) is 20.3 Å². The molecule has 16 heavy (non-hydrogen) atoms. The lowest BCUT2D eigenvalue weighted by atomic mass is 10.1. The summed E-state index contributed by atoms with van der Waals surface area (Å²) in [5, 5.41) is 0. The van der Waals surface area contributed by atoms with Gasteiger partial charge in [0.25, 0.3) is 0 Å². The maximum absolute atomic E-state index is 13.2. The molecule has 0 amide bonds. The van der Waals surface area contributed by atoms with Crippen LogP contribution in [0.5, 0.6) is 0 Å². The Balaban J connectivity index is 3.13. The molecule has 0 heterocycles. The summed E-state index contributed by atoms with van der Waals surface area (Å²) in [5.74, 6) is -4.70. The van der Waals surface area contributed by atoms with Gasteiger partial charge >= 0.3 is 0 Å². The van der Waals surface area contributed by atoms with Crippen molar-refractivity contribution in [2.75, 3.05) is 14.1 Å². The average Bonchev–Trinajstić information content (AvgIpc) is 2.21. The van der Waals surface area contributed by atoms with Crippen LogP contribution in [0.2, 0.25) is 0 Å². The summed E-state index contributed by atoms with van der Waals surface area (Å²) < 4.78 is 39.1. The van der Waals surface area contributed by atoms with E-state index in [9.17, 15) is 18.0 Å². The maximum atomic E-state index is 13.2. The van der Waals surface area contributed by atoms with E-state index < -0.39 is 28.8 Å². The van der Waals surface area contributed by atoms with Gasteiger partial charge < -0.3 is 4.90 Å². The molecule has 0 saturated carbocycles. The molecule has 0 aliphatic rings. The van der Waals surface area contributed by atoms with Gasteiger partial charge in [-0.3, -0.25) is 4.79 Å². The summed E-state index contributed by atoms with van der Waals surface area (Å²) in [6.07, 6.45) is 2.30. The van der Waals surface area contributed by atoms with Crippen LogP contribution in [-0.2, 0) is 0 Å². The molecule has 0 bridgehead atoms. The van der Waals surface area contributed by atoms with Gasteiger partial charge in [0.15, 0.2) is 17.4 Å². The van der Waals surface area contributed by atoms with Crippen LogP contribution in [0.25, 0.3) is 0 Å². The van der Waals surface area contributed by atoms with Gasteiger partial charge in [0.1, 0.15) is 5.82 Å². The molecule has 0 saturated heterocycles. The fourth-order valence-corrected chi connectivity index (χ4v) is 1.05. The number of nitrogens with zero attached hydrogens (tertiary/aromatic N) is 1. The Bertz CT molecular complexity index is 441. The van der Waals surface area contributed by atoms with E-state index in [0.717, 1.165) is 12.1 Å². The van der Waals surface area contributed by atoms with Gasteiger partial charge in [0.2, 0.25) is 0 Å². The smallest absolute Gasteiger partial charge is 0.193 e. The number of rotatable bonds is 3. The van der Waals surface area contributed by atoms with Crippen LogP contribution in [0.1, 0.15) is 10.4 Å². The van der Waals surface area contributed by atoms with Crippen LogP contribution in [-0.4, -0.2) is 24.8 Å². The average molecular weight is 229 g/mol. The Morgan fingerprint density at radius 3 is 2.31 bits per heavy atom. The van der Waals surface area contributed by atoms with E-state index >= 15 is 0 Å². The van der Waals surface area contributed by atoms with Gasteiger partial charge in [-0.1, -0.05) is 0 Å². The fourth-order valence-electron chi connectivity index (χ4n) is 1.05. The summed E-state index contributed by atoms with van der Waals surface area (Å²) in [5.41, 5.74) is -0.877. The molecule has 0 spiro atoms. The zero-order valence-electron chi connectivity index (χ0n) is 8.80. The first-order chi connectivity index (χ1) is 7.43. The molecule has 1 aromatic carbocycles. The second-order valence-corrected chi connectivity index (χ2v) is 3.36. The molecule has 0 aliphatic heterocycles. The molecule has 0 aliphatic carbocycles. The molecule has 1 aromatic rings. The Hall–Kier alpha value is -1.78. The molecule has 86 valence electrons. The monoisotopic (exact) mass is 229 g/mol. The summed E-state index contributed by atoms with van der Waals surface area (Å²) in [4.78, 5) is 12.9. The van der Waals surface area contributed by atoms with Crippen LogP contribution in [0.3, 0.4) is 0 Å². The lowest BCUT2D eigenvalue weighted by molar-refractivity contribution is 0.103. The summed E-state index contributed by atoms with van der Waals surface area (Å²) >= 11 is 0.